The molecule has 0 spiro atoms. The Morgan fingerprint density at radius 1 is 1.16 bits per heavy atom. The van der Waals surface area contributed by atoms with E-state index in [1.165, 1.54) is 4.88 Å². The van der Waals surface area contributed by atoms with E-state index in [1.54, 1.807) is 18.4 Å². The molecule has 6 heteroatoms. The van der Waals surface area contributed by atoms with Gasteiger partial charge in [0.05, 0.1) is 7.11 Å². The predicted molar refractivity (Wildman–Crippen MR) is 99.3 cm³/mol. The summed E-state index contributed by atoms with van der Waals surface area (Å²) in [4.78, 5) is 16.0. The normalized spacial score (nSPS) is 16.4. The number of carbonyl (C=O) groups is 1. The van der Waals surface area contributed by atoms with Gasteiger partial charge in [-0.1, -0.05) is 6.07 Å². The van der Waals surface area contributed by atoms with Crippen molar-refractivity contribution in [2.24, 2.45) is 0 Å². The molecule has 0 saturated carbocycles. The number of benzene rings is 1. The van der Waals surface area contributed by atoms with Gasteiger partial charge >= 0.3 is 6.03 Å². The molecule has 2 amide bonds. The van der Waals surface area contributed by atoms with E-state index in [1.807, 2.05) is 41.3 Å². The number of nitrogens with zero attached hydrogens (tertiary/aromatic N) is 2. The molecule has 3 heterocycles. The number of urea groups is 1. The highest BCUT2D eigenvalue weighted by Gasteiger charge is 2.32. The molecule has 0 bridgehead atoms. The summed E-state index contributed by atoms with van der Waals surface area (Å²) in [7, 11) is 1.63. The van der Waals surface area contributed by atoms with Gasteiger partial charge in [0, 0.05) is 35.5 Å². The second-order valence-electron chi connectivity index (χ2n) is 5.90. The molecule has 5 nitrogen and oxygen atoms in total. The first kappa shape index (κ1) is 15.8. The molecule has 1 aromatic carbocycles. The number of anilines is 1. The van der Waals surface area contributed by atoms with E-state index in [0.29, 0.717) is 6.54 Å². The second-order valence-corrected chi connectivity index (χ2v) is 6.88. The summed E-state index contributed by atoms with van der Waals surface area (Å²) in [6, 6.07) is 15.5. The van der Waals surface area contributed by atoms with Crippen LogP contribution in [-0.2, 0) is 6.54 Å². The molecule has 1 aliphatic heterocycles. The predicted octanol–water partition coefficient (Wildman–Crippen LogP) is 4.20. The lowest BCUT2D eigenvalue weighted by Crippen LogP contribution is -2.44. The van der Waals surface area contributed by atoms with Crippen LogP contribution in [0.15, 0.2) is 60.1 Å². The highest BCUT2D eigenvalue weighted by atomic mass is 32.1. The minimum absolute atomic E-state index is 0.0537. The monoisotopic (exact) mass is 353 g/mol. The van der Waals surface area contributed by atoms with Crippen molar-refractivity contribution in [2.75, 3.05) is 19.0 Å². The molecule has 0 radical (unpaired) electrons. The number of hydrogen-bond donors (Lipinski definition) is 1. The molecule has 0 fully saturated rings. The van der Waals surface area contributed by atoms with E-state index in [-0.39, 0.29) is 12.1 Å². The molecule has 2 aromatic heterocycles. The summed E-state index contributed by atoms with van der Waals surface area (Å²) in [5.41, 5.74) is 1.91. The van der Waals surface area contributed by atoms with Crippen molar-refractivity contribution in [1.29, 1.82) is 0 Å². The lowest BCUT2D eigenvalue weighted by molar-refractivity contribution is 0.183. The van der Waals surface area contributed by atoms with Crippen molar-refractivity contribution in [3.05, 3.63) is 70.7 Å². The Kier molecular flexibility index (Phi) is 4.19. The minimum Gasteiger partial charge on any atom is -0.497 e. The van der Waals surface area contributed by atoms with Gasteiger partial charge in [-0.2, -0.15) is 0 Å². The third-order valence-corrected chi connectivity index (χ3v) is 5.38. The van der Waals surface area contributed by atoms with Crippen LogP contribution in [0.2, 0.25) is 0 Å². The summed E-state index contributed by atoms with van der Waals surface area (Å²) < 4.78 is 7.39. The fourth-order valence-corrected chi connectivity index (χ4v) is 4.07. The summed E-state index contributed by atoms with van der Waals surface area (Å²) in [5.74, 6) is 0.769. The number of fused-ring (bicyclic) bond motifs is 1. The number of ether oxygens (including phenoxy) is 1. The molecular weight excluding hydrogens is 334 g/mol. The first-order valence-electron chi connectivity index (χ1n) is 8.16. The van der Waals surface area contributed by atoms with E-state index < -0.39 is 0 Å². The maximum absolute atomic E-state index is 12.9. The first-order chi connectivity index (χ1) is 12.3. The fraction of sp³-hybridized carbons (Fsp3) is 0.211. The van der Waals surface area contributed by atoms with Crippen LogP contribution in [-0.4, -0.2) is 29.2 Å². The van der Waals surface area contributed by atoms with E-state index in [2.05, 4.69) is 33.6 Å². The second kappa shape index (κ2) is 6.64. The average Bonchev–Trinajstić information content (AvgIpc) is 3.33. The Hall–Kier alpha value is -2.73. The van der Waals surface area contributed by atoms with Crippen molar-refractivity contribution < 1.29 is 9.53 Å². The lowest BCUT2D eigenvalue weighted by Gasteiger charge is -2.36. The maximum atomic E-state index is 12.9. The van der Waals surface area contributed by atoms with Gasteiger partial charge in [-0.15, -0.1) is 11.3 Å². The van der Waals surface area contributed by atoms with Crippen molar-refractivity contribution >= 4 is 23.1 Å². The summed E-state index contributed by atoms with van der Waals surface area (Å²) in [6.07, 6.45) is 2.08. The molecule has 1 aliphatic rings. The number of methoxy groups -OCH3 is 1. The van der Waals surface area contributed by atoms with E-state index in [4.69, 9.17) is 4.74 Å². The molecule has 1 atom stereocenters. The van der Waals surface area contributed by atoms with E-state index in [9.17, 15) is 4.79 Å². The van der Waals surface area contributed by atoms with Crippen LogP contribution in [0.25, 0.3) is 0 Å². The van der Waals surface area contributed by atoms with Crippen LogP contribution < -0.4 is 10.1 Å². The molecule has 1 N–H and O–H groups in total. The van der Waals surface area contributed by atoms with Gasteiger partial charge in [-0.3, -0.25) is 0 Å². The summed E-state index contributed by atoms with van der Waals surface area (Å²) in [6.45, 7) is 1.48. The number of aromatic nitrogens is 1. The van der Waals surface area contributed by atoms with Gasteiger partial charge in [0.25, 0.3) is 0 Å². The number of rotatable bonds is 3. The third kappa shape index (κ3) is 3.00. The first-order valence-corrected chi connectivity index (χ1v) is 9.04. The SMILES string of the molecule is COc1ccc(NC(=O)N2CCn3cccc3[C@H]2c2cccs2)cc1. The van der Waals surface area contributed by atoms with Gasteiger partial charge in [-0.25, -0.2) is 4.79 Å². The van der Waals surface area contributed by atoms with Gasteiger partial charge in [-0.05, 0) is 47.8 Å². The number of amides is 2. The highest BCUT2D eigenvalue weighted by molar-refractivity contribution is 7.10. The molecule has 4 rings (SSSR count). The topological polar surface area (TPSA) is 46.5 Å². The smallest absolute Gasteiger partial charge is 0.322 e. The number of nitrogens with one attached hydrogen (secondary N) is 1. The quantitative estimate of drug-likeness (QED) is 0.767. The fourth-order valence-electron chi connectivity index (χ4n) is 3.22. The zero-order chi connectivity index (χ0) is 17.2. The van der Waals surface area contributed by atoms with Crippen LogP contribution in [0.4, 0.5) is 10.5 Å². The van der Waals surface area contributed by atoms with Crippen LogP contribution in [0, 0.1) is 0 Å². The van der Waals surface area contributed by atoms with Crippen molar-refractivity contribution in [3.63, 3.8) is 0 Å². The van der Waals surface area contributed by atoms with Gasteiger partial charge < -0.3 is 19.5 Å². The van der Waals surface area contributed by atoms with Crippen molar-refractivity contribution in [2.45, 2.75) is 12.6 Å². The van der Waals surface area contributed by atoms with E-state index in [0.717, 1.165) is 23.7 Å². The van der Waals surface area contributed by atoms with Gasteiger partial charge in [0.15, 0.2) is 0 Å². The molecule has 0 unspecified atom stereocenters. The van der Waals surface area contributed by atoms with Crippen LogP contribution in [0.3, 0.4) is 0 Å². The summed E-state index contributed by atoms with van der Waals surface area (Å²) >= 11 is 1.68. The lowest BCUT2D eigenvalue weighted by atomic mass is 10.1. The molecule has 0 aliphatic carbocycles. The van der Waals surface area contributed by atoms with Gasteiger partial charge in [0.2, 0.25) is 0 Å². The summed E-state index contributed by atoms with van der Waals surface area (Å²) in [5, 5.41) is 5.06. The van der Waals surface area contributed by atoms with Crippen LogP contribution in [0.1, 0.15) is 16.6 Å². The van der Waals surface area contributed by atoms with Crippen molar-refractivity contribution in [3.8, 4) is 5.75 Å². The Balaban J connectivity index is 1.60. The average molecular weight is 353 g/mol. The Morgan fingerprint density at radius 3 is 2.72 bits per heavy atom. The molecular formula is C19H19N3O2S. The Morgan fingerprint density at radius 2 is 2.00 bits per heavy atom. The van der Waals surface area contributed by atoms with Crippen molar-refractivity contribution in [1.82, 2.24) is 9.47 Å². The zero-order valence-electron chi connectivity index (χ0n) is 13.9. The molecule has 3 aromatic rings. The third-order valence-electron chi connectivity index (χ3n) is 4.45. The number of hydrogen-bond acceptors (Lipinski definition) is 3. The minimum atomic E-state index is -0.0870. The van der Waals surface area contributed by atoms with Gasteiger partial charge in [0.1, 0.15) is 11.8 Å². The Labute approximate surface area is 150 Å². The zero-order valence-corrected chi connectivity index (χ0v) is 14.7. The molecule has 0 saturated heterocycles. The molecule has 25 heavy (non-hydrogen) atoms. The van der Waals surface area contributed by atoms with E-state index >= 15 is 0 Å². The van der Waals surface area contributed by atoms with Crippen LogP contribution in [0.5, 0.6) is 5.75 Å². The van der Waals surface area contributed by atoms with Crippen LogP contribution >= 0.6 is 11.3 Å². The standard InChI is InChI=1S/C19H19N3O2S/c1-24-15-8-6-14(7-9-15)20-19(23)22-12-11-21-10-2-4-16(21)18(22)17-5-3-13-25-17/h2-10,13,18H,11-12H2,1H3,(H,20,23)/t18-/m0/s1. The highest BCUT2D eigenvalue weighted by Crippen LogP contribution is 2.35. The largest absolute Gasteiger partial charge is 0.497 e. The Bertz CT molecular complexity index is 855. The number of carbonyl (C=O) groups excluding carboxylic acids is 1. The number of thiophene rings is 1. The maximum Gasteiger partial charge on any atom is 0.322 e. The molecule has 128 valence electrons.